The first-order valence-electron chi connectivity index (χ1n) is 9.05. The van der Waals surface area contributed by atoms with Crippen molar-refractivity contribution in [3.8, 4) is 0 Å². The van der Waals surface area contributed by atoms with Crippen molar-refractivity contribution in [3.63, 3.8) is 0 Å². The molecule has 1 aliphatic rings. The monoisotopic (exact) mass is 417 g/mol. The fraction of sp³-hybridized carbons (Fsp3) is 0.300. The van der Waals surface area contributed by atoms with Crippen LogP contribution in [0.15, 0.2) is 47.4 Å². The summed E-state index contributed by atoms with van der Waals surface area (Å²) in [6, 6.07) is 11.1. The van der Waals surface area contributed by atoms with E-state index in [2.05, 4.69) is 10.0 Å². The minimum Gasteiger partial charge on any atom is -0.375 e. The lowest BCUT2D eigenvalue weighted by atomic mass is 10.1. The lowest BCUT2D eigenvalue weighted by molar-refractivity contribution is -0.119. The van der Waals surface area contributed by atoms with Crippen LogP contribution in [0.3, 0.4) is 0 Å². The number of carbonyl (C=O) groups excluding carboxylic acids is 2. The first-order chi connectivity index (χ1) is 13.7. The highest BCUT2D eigenvalue weighted by Crippen LogP contribution is 2.34. The van der Waals surface area contributed by atoms with Gasteiger partial charge in [-0.3, -0.25) is 14.3 Å². The molecule has 0 saturated heterocycles. The van der Waals surface area contributed by atoms with Gasteiger partial charge < -0.3 is 15.0 Å². The summed E-state index contributed by atoms with van der Waals surface area (Å²) in [6.07, 6.45) is 0.597. The number of fused-ring (bicyclic) bond motifs is 1. The lowest BCUT2D eigenvalue weighted by Gasteiger charge is -2.20. The van der Waals surface area contributed by atoms with E-state index in [1.165, 1.54) is 26.2 Å². The Morgan fingerprint density at radius 2 is 1.90 bits per heavy atom. The number of carbonyl (C=O) groups is 2. The maximum atomic E-state index is 12.8. The molecule has 0 bridgehead atoms. The van der Waals surface area contributed by atoms with Gasteiger partial charge in [-0.25, -0.2) is 8.42 Å². The van der Waals surface area contributed by atoms with E-state index in [-0.39, 0.29) is 29.4 Å². The molecule has 9 heteroatoms. The van der Waals surface area contributed by atoms with Crippen LogP contribution in [0.1, 0.15) is 19.4 Å². The number of benzene rings is 2. The number of sulfonamides is 1. The zero-order valence-corrected chi connectivity index (χ0v) is 17.2. The number of nitrogens with one attached hydrogen (secondary N) is 2. The van der Waals surface area contributed by atoms with Crippen LogP contribution < -0.4 is 14.9 Å². The summed E-state index contributed by atoms with van der Waals surface area (Å²) < 4.78 is 33.0. The minimum atomic E-state index is -3.84. The number of nitrogens with zero attached hydrogens (tertiary/aromatic N) is 1. The van der Waals surface area contributed by atoms with Crippen LogP contribution in [0.25, 0.3) is 0 Å². The molecule has 1 heterocycles. The van der Waals surface area contributed by atoms with Crippen molar-refractivity contribution < 1.29 is 22.7 Å². The van der Waals surface area contributed by atoms with Crippen LogP contribution in [-0.2, 0) is 30.8 Å². The summed E-state index contributed by atoms with van der Waals surface area (Å²) in [6.45, 7) is 3.33. The second kappa shape index (κ2) is 8.22. The van der Waals surface area contributed by atoms with E-state index in [1.807, 2.05) is 6.92 Å². The summed E-state index contributed by atoms with van der Waals surface area (Å²) >= 11 is 0. The van der Waals surface area contributed by atoms with Gasteiger partial charge in [-0.15, -0.1) is 0 Å². The Kier molecular flexibility index (Phi) is 5.90. The molecular formula is C20H23N3O5S. The zero-order valence-electron chi connectivity index (χ0n) is 16.4. The Bertz CT molecular complexity index is 1050. The zero-order chi connectivity index (χ0) is 21.2. The molecule has 2 aromatic rings. The van der Waals surface area contributed by atoms with E-state index in [0.29, 0.717) is 17.8 Å². The third kappa shape index (κ3) is 4.57. The molecule has 0 fully saturated rings. The average Bonchev–Trinajstić information content (AvgIpc) is 2.96. The number of hydrogen-bond donors (Lipinski definition) is 2. The van der Waals surface area contributed by atoms with Gasteiger partial charge in [-0.1, -0.05) is 6.07 Å². The van der Waals surface area contributed by atoms with Crippen molar-refractivity contribution in [1.82, 2.24) is 0 Å². The van der Waals surface area contributed by atoms with Gasteiger partial charge in [-0.2, -0.15) is 0 Å². The second-order valence-electron chi connectivity index (χ2n) is 6.90. The Hall–Kier alpha value is -2.91. The predicted octanol–water partition coefficient (Wildman–Crippen LogP) is 2.37. The van der Waals surface area contributed by atoms with E-state index in [4.69, 9.17) is 4.74 Å². The van der Waals surface area contributed by atoms with E-state index in [9.17, 15) is 18.0 Å². The summed E-state index contributed by atoms with van der Waals surface area (Å²) in [5.41, 5.74) is 2.33. The van der Waals surface area contributed by atoms with Crippen LogP contribution in [0.4, 0.5) is 17.1 Å². The molecule has 1 aliphatic heterocycles. The highest BCUT2D eigenvalue weighted by atomic mass is 32.2. The maximum absolute atomic E-state index is 12.8. The Labute approximate surface area is 169 Å². The van der Waals surface area contributed by atoms with Crippen molar-refractivity contribution in [3.05, 3.63) is 48.0 Å². The number of methoxy groups -OCH3 is 1. The average molecular weight is 417 g/mol. The van der Waals surface area contributed by atoms with Gasteiger partial charge in [0.1, 0.15) is 6.61 Å². The molecule has 154 valence electrons. The number of ether oxygens (including phenoxy) is 1. The molecular weight excluding hydrogens is 394 g/mol. The van der Waals surface area contributed by atoms with Gasteiger partial charge in [0.05, 0.1) is 10.6 Å². The molecule has 0 aromatic heterocycles. The largest absolute Gasteiger partial charge is 0.375 e. The highest BCUT2D eigenvalue weighted by Gasteiger charge is 2.30. The molecule has 0 radical (unpaired) electrons. The topological polar surface area (TPSA) is 105 Å². The predicted molar refractivity (Wildman–Crippen MR) is 111 cm³/mol. The smallest absolute Gasteiger partial charge is 0.261 e. The van der Waals surface area contributed by atoms with Crippen molar-refractivity contribution in [2.45, 2.75) is 31.2 Å². The molecule has 2 N–H and O–H groups in total. The Morgan fingerprint density at radius 3 is 2.59 bits per heavy atom. The molecule has 3 rings (SSSR count). The van der Waals surface area contributed by atoms with Gasteiger partial charge in [-0.05, 0) is 55.3 Å². The van der Waals surface area contributed by atoms with Crippen molar-refractivity contribution in [2.75, 3.05) is 28.7 Å². The number of amides is 2. The van der Waals surface area contributed by atoms with E-state index < -0.39 is 10.0 Å². The van der Waals surface area contributed by atoms with Crippen molar-refractivity contribution in [1.29, 1.82) is 0 Å². The first-order valence-corrected chi connectivity index (χ1v) is 10.5. The quantitative estimate of drug-likeness (QED) is 0.751. The van der Waals surface area contributed by atoms with Crippen molar-refractivity contribution in [2.24, 2.45) is 0 Å². The SMILES string of the molecule is COCC(=O)Nc1cccc(NS(=O)(=O)c2ccc3c(c2)C[C@@H](C)N3C(C)=O)c1. The van der Waals surface area contributed by atoms with Gasteiger partial charge in [0, 0.05) is 31.5 Å². The number of hydrogen-bond acceptors (Lipinski definition) is 5. The molecule has 29 heavy (non-hydrogen) atoms. The number of rotatable bonds is 6. The molecule has 0 saturated carbocycles. The molecule has 0 spiro atoms. The number of anilines is 3. The second-order valence-corrected chi connectivity index (χ2v) is 8.58. The van der Waals surface area contributed by atoms with Crippen LogP contribution in [0, 0.1) is 0 Å². The summed E-state index contributed by atoms with van der Waals surface area (Å²) in [5, 5.41) is 2.63. The Balaban J connectivity index is 1.82. The Morgan fingerprint density at radius 1 is 1.17 bits per heavy atom. The highest BCUT2D eigenvalue weighted by molar-refractivity contribution is 7.92. The first kappa shape index (κ1) is 20.8. The minimum absolute atomic E-state index is 0.0131. The fourth-order valence-electron chi connectivity index (χ4n) is 3.46. The van der Waals surface area contributed by atoms with E-state index in [0.717, 1.165) is 11.3 Å². The van der Waals surface area contributed by atoms with Crippen molar-refractivity contribution >= 4 is 38.9 Å². The molecule has 0 aliphatic carbocycles. The lowest BCUT2D eigenvalue weighted by Crippen LogP contribution is -2.33. The van der Waals surface area contributed by atoms with Gasteiger partial charge in [0.15, 0.2) is 0 Å². The summed E-state index contributed by atoms with van der Waals surface area (Å²) in [7, 11) is -2.42. The van der Waals surface area contributed by atoms with Crippen LogP contribution >= 0.6 is 0 Å². The molecule has 1 atom stereocenters. The van der Waals surface area contributed by atoms with E-state index >= 15 is 0 Å². The molecule has 0 unspecified atom stereocenters. The molecule has 2 aromatic carbocycles. The van der Waals surface area contributed by atoms with Gasteiger partial charge in [0.25, 0.3) is 10.0 Å². The normalized spacial score (nSPS) is 15.7. The van der Waals surface area contributed by atoms with Crippen LogP contribution in [-0.4, -0.2) is 40.0 Å². The van der Waals surface area contributed by atoms with Crippen LogP contribution in [0.5, 0.6) is 0 Å². The third-order valence-electron chi connectivity index (χ3n) is 4.59. The van der Waals surface area contributed by atoms with Gasteiger partial charge >= 0.3 is 0 Å². The van der Waals surface area contributed by atoms with E-state index in [1.54, 1.807) is 35.2 Å². The third-order valence-corrected chi connectivity index (χ3v) is 5.97. The van der Waals surface area contributed by atoms with Gasteiger partial charge in [0.2, 0.25) is 11.8 Å². The summed E-state index contributed by atoms with van der Waals surface area (Å²) in [5.74, 6) is -0.410. The summed E-state index contributed by atoms with van der Waals surface area (Å²) in [4.78, 5) is 25.3. The molecule has 8 nitrogen and oxygen atoms in total. The fourth-order valence-corrected chi connectivity index (χ4v) is 4.56. The van der Waals surface area contributed by atoms with Crippen LogP contribution in [0.2, 0.25) is 0 Å². The molecule has 2 amide bonds. The standard InChI is InChI=1S/C20H23N3O5S/c1-13-9-15-10-18(7-8-19(15)23(13)14(2)24)29(26,27)22-17-6-4-5-16(11-17)21-20(25)12-28-3/h4-8,10-11,13,22H,9,12H2,1-3H3,(H,21,25)/t13-/m1/s1. The maximum Gasteiger partial charge on any atom is 0.261 e.